The van der Waals surface area contributed by atoms with Crippen LogP contribution in [0.4, 0.5) is 5.82 Å². The lowest BCUT2D eigenvalue weighted by Crippen LogP contribution is -2.28. The lowest BCUT2D eigenvalue weighted by molar-refractivity contribution is -0.390. The molecule has 1 aromatic carbocycles. The van der Waals surface area contributed by atoms with Gasteiger partial charge in [0.15, 0.2) is 6.61 Å². The Morgan fingerprint density at radius 1 is 1.35 bits per heavy atom. The molecular formula is C15H15N3O5. The van der Waals surface area contributed by atoms with Gasteiger partial charge in [-0.3, -0.25) is 4.79 Å². The molecule has 0 radical (unpaired) electrons. The molecule has 8 nitrogen and oxygen atoms in total. The van der Waals surface area contributed by atoms with Crippen LogP contribution in [-0.2, 0) is 11.3 Å². The van der Waals surface area contributed by atoms with Crippen LogP contribution in [0.25, 0.3) is 0 Å². The monoisotopic (exact) mass is 317 g/mol. The maximum absolute atomic E-state index is 11.8. The standard InChI is InChI=1S/C15H15N3O5/c1-22-12-5-2-4-11(8-12)9-17-14(19)10-23-13-6-3-7-16-15(13)18(20)21/h2-8H,9-10H2,1H3,(H,17,19). The second-order valence-corrected chi connectivity index (χ2v) is 4.50. The van der Waals surface area contributed by atoms with Crippen LogP contribution in [0.2, 0.25) is 0 Å². The third-order valence-electron chi connectivity index (χ3n) is 2.91. The summed E-state index contributed by atoms with van der Waals surface area (Å²) in [5, 5.41) is 13.4. The van der Waals surface area contributed by atoms with Gasteiger partial charge < -0.3 is 24.9 Å². The van der Waals surface area contributed by atoms with E-state index in [1.54, 1.807) is 19.2 Å². The lowest BCUT2D eigenvalue weighted by Gasteiger charge is -2.08. The van der Waals surface area contributed by atoms with Crippen LogP contribution in [0.5, 0.6) is 11.5 Å². The zero-order valence-electron chi connectivity index (χ0n) is 12.4. The lowest BCUT2D eigenvalue weighted by atomic mass is 10.2. The molecule has 0 fully saturated rings. The van der Waals surface area contributed by atoms with E-state index in [9.17, 15) is 14.9 Å². The summed E-state index contributed by atoms with van der Waals surface area (Å²) in [4.78, 5) is 25.5. The van der Waals surface area contributed by atoms with Crippen molar-refractivity contribution in [2.24, 2.45) is 0 Å². The number of benzene rings is 1. The molecule has 0 saturated carbocycles. The van der Waals surface area contributed by atoms with Gasteiger partial charge in [-0.25, -0.2) is 0 Å². The fourth-order valence-corrected chi connectivity index (χ4v) is 1.81. The van der Waals surface area contributed by atoms with E-state index in [4.69, 9.17) is 9.47 Å². The molecule has 2 rings (SSSR count). The summed E-state index contributed by atoms with van der Waals surface area (Å²) in [5.74, 6) is -0.174. The number of carbonyl (C=O) groups excluding carboxylic acids is 1. The van der Waals surface area contributed by atoms with Gasteiger partial charge in [-0.05, 0) is 39.7 Å². The van der Waals surface area contributed by atoms with E-state index in [-0.39, 0.29) is 12.4 Å². The fraction of sp³-hybridized carbons (Fsp3) is 0.200. The van der Waals surface area contributed by atoms with Crippen molar-refractivity contribution in [2.45, 2.75) is 6.54 Å². The van der Waals surface area contributed by atoms with Gasteiger partial charge in [-0.1, -0.05) is 12.1 Å². The number of hydrogen-bond acceptors (Lipinski definition) is 6. The van der Waals surface area contributed by atoms with Gasteiger partial charge in [0.25, 0.3) is 5.91 Å². The van der Waals surface area contributed by atoms with Crippen LogP contribution in [-0.4, -0.2) is 29.5 Å². The van der Waals surface area contributed by atoms with Crippen molar-refractivity contribution in [1.29, 1.82) is 0 Å². The van der Waals surface area contributed by atoms with Gasteiger partial charge in [-0.15, -0.1) is 0 Å². The summed E-state index contributed by atoms with van der Waals surface area (Å²) in [6, 6.07) is 10.1. The van der Waals surface area contributed by atoms with Gasteiger partial charge in [0.05, 0.1) is 7.11 Å². The van der Waals surface area contributed by atoms with Crippen molar-refractivity contribution in [3.8, 4) is 11.5 Å². The Balaban J connectivity index is 1.87. The maximum atomic E-state index is 11.8. The summed E-state index contributed by atoms with van der Waals surface area (Å²) in [7, 11) is 1.56. The number of aromatic nitrogens is 1. The molecule has 0 aliphatic heterocycles. The first-order chi connectivity index (χ1) is 11.1. The highest BCUT2D eigenvalue weighted by atomic mass is 16.6. The smallest absolute Gasteiger partial charge is 0.406 e. The first-order valence-corrected chi connectivity index (χ1v) is 6.72. The third-order valence-corrected chi connectivity index (χ3v) is 2.91. The Morgan fingerprint density at radius 3 is 2.91 bits per heavy atom. The molecule has 1 amide bonds. The highest BCUT2D eigenvalue weighted by molar-refractivity contribution is 5.77. The zero-order chi connectivity index (χ0) is 16.7. The Labute approximate surface area is 132 Å². The van der Waals surface area contributed by atoms with Gasteiger partial charge in [-0.2, -0.15) is 0 Å². The summed E-state index contributed by atoms with van der Waals surface area (Å²) >= 11 is 0. The number of methoxy groups -OCH3 is 1. The Morgan fingerprint density at radius 2 is 2.17 bits per heavy atom. The average molecular weight is 317 g/mol. The van der Waals surface area contributed by atoms with E-state index in [0.29, 0.717) is 12.3 Å². The average Bonchev–Trinajstić information content (AvgIpc) is 2.58. The largest absolute Gasteiger partial charge is 0.497 e. The van der Waals surface area contributed by atoms with Crippen molar-refractivity contribution in [2.75, 3.05) is 13.7 Å². The molecule has 1 aromatic heterocycles. The number of nitrogens with zero attached hydrogens (tertiary/aromatic N) is 2. The molecule has 0 bridgehead atoms. The second-order valence-electron chi connectivity index (χ2n) is 4.50. The predicted molar refractivity (Wildman–Crippen MR) is 81.2 cm³/mol. The van der Waals surface area contributed by atoms with E-state index in [1.807, 2.05) is 12.1 Å². The number of nitro groups is 1. The van der Waals surface area contributed by atoms with Crippen LogP contribution in [0.3, 0.4) is 0 Å². The number of rotatable bonds is 7. The molecule has 0 aliphatic carbocycles. The molecule has 2 aromatic rings. The van der Waals surface area contributed by atoms with E-state index >= 15 is 0 Å². The molecule has 120 valence electrons. The van der Waals surface area contributed by atoms with Crippen molar-refractivity contribution in [1.82, 2.24) is 10.3 Å². The van der Waals surface area contributed by atoms with Crippen LogP contribution < -0.4 is 14.8 Å². The summed E-state index contributed by atoms with van der Waals surface area (Å²) in [5.41, 5.74) is 0.866. The Bertz CT molecular complexity index is 705. The molecule has 0 unspecified atom stereocenters. The number of pyridine rings is 1. The van der Waals surface area contributed by atoms with Crippen LogP contribution in [0.15, 0.2) is 42.6 Å². The Hall–Kier alpha value is -3.16. The molecule has 0 aliphatic rings. The second kappa shape index (κ2) is 7.74. The van der Waals surface area contributed by atoms with Crippen LogP contribution >= 0.6 is 0 Å². The third kappa shape index (κ3) is 4.67. The molecule has 23 heavy (non-hydrogen) atoms. The summed E-state index contributed by atoms with van der Waals surface area (Å²) in [6.07, 6.45) is 1.29. The van der Waals surface area contributed by atoms with Crippen molar-refractivity contribution < 1.29 is 19.2 Å². The Kier molecular flexibility index (Phi) is 5.45. The van der Waals surface area contributed by atoms with Gasteiger partial charge >= 0.3 is 5.82 Å². The van der Waals surface area contributed by atoms with E-state index in [0.717, 1.165) is 5.56 Å². The molecule has 1 heterocycles. The van der Waals surface area contributed by atoms with E-state index in [1.165, 1.54) is 18.3 Å². The highest BCUT2D eigenvalue weighted by Gasteiger charge is 2.16. The minimum atomic E-state index is -0.663. The van der Waals surface area contributed by atoms with Crippen molar-refractivity contribution in [3.05, 3.63) is 58.3 Å². The SMILES string of the molecule is COc1cccc(CNC(=O)COc2cccnc2[N+](=O)[O-])c1. The zero-order valence-corrected chi connectivity index (χ0v) is 12.4. The number of amides is 1. The van der Waals surface area contributed by atoms with E-state index in [2.05, 4.69) is 10.3 Å². The predicted octanol–water partition coefficient (Wildman–Crippen LogP) is 1.69. The van der Waals surface area contributed by atoms with Gasteiger partial charge in [0.2, 0.25) is 5.75 Å². The molecule has 0 spiro atoms. The number of ether oxygens (including phenoxy) is 2. The highest BCUT2D eigenvalue weighted by Crippen LogP contribution is 2.22. The molecule has 0 atom stereocenters. The van der Waals surface area contributed by atoms with Gasteiger partial charge in [0, 0.05) is 6.54 Å². The fourth-order valence-electron chi connectivity index (χ4n) is 1.81. The number of carbonyl (C=O) groups is 1. The number of hydrogen-bond donors (Lipinski definition) is 1. The molecule has 1 N–H and O–H groups in total. The van der Waals surface area contributed by atoms with E-state index < -0.39 is 16.6 Å². The molecule has 0 saturated heterocycles. The quantitative estimate of drug-likeness (QED) is 0.615. The van der Waals surface area contributed by atoms with Crippen LogP contribution in [0.1, 0.15) is 5.56 Å². The minimum absolute atomic E-state index is 0.0472. The minimum Gasteiger partial charge on any atom is -0.497 e. The van der Waals surface area contributed by atoms with Crippen molar-refractivity contribution >= 4 is 11.7 Å². The van der Waals surface area contributed by atoms with Gasteiger partial charge in [0.1, 0.15) is 11.9 Å². The first-order valence-electron chi connectivity index (χ1n) is 6.72. The van der Waals surface area contributed by atoms with Crippen LogP contribution in [0, 0.1) is 10.1 Å². The maximum Gasteiger partial charge on any atom is 0.406 e. The molecule has 8 heteroatoms. The normalized spacial score (nSPS) is 9.96. The number of nitrogens with one attached hydrogen (secondary N) is 1. The van der Waals surface area contributed by atoms with Crippen molar-refractivity contribution in [3.63, 3.8) is 0 Å². The summed E-state index contributed by atoms with van der Waals surface area (Å²) < 4.78 is 10.2. The topological polar surface area (TPSA) is 104 Å². The molecular weight excluding hydrogens is 302 g/mol. The first kappa shape index (κ1) is 16.2. The summed E-state index contributed by atoms with van der Waals surface area (Å²) in [6.45, 7) is -0.0367.